The number of carbonyl (C=O) groups excluding carboxylic acids is 2. The largest absolute Gasteiger partial charge is 0.507 e. The first-order valence-corrected chi connectivity index (χ1v) is 10.7. The number of benzene rings is 3. The van der Waals surface area contributed by atoms with Crippen LogP contribution >= 0.6 is 11.6 Å². The van der Waals surface area contributed by atoms with Crippen molar-refractivity contribution in [3.63, 3.8) is 0 Å². The van der Waals surface area contributed by atoms with Gasteiger partial charge in [0.15, 0.2) is 0 Å². The third kappa shape index (κ3) is 4.61. The fourth-order valence-corrected chi connectivity index (χ4v) is 4.05. The second-order valence-corrected chi connectivity index (χ2v) is 8.09. The molecular formula is C26H21ClFNO4. The average molecular weight is 466 g/mol. The zero-order valence-corrected chi connectivity index (χ0v) is 18.6. The molecule has 1 amide bonds. The van der Waals surface area contributed by atoms with Crippen LogP contribution in [0.15, 0.2) is 78.4 Å². The molecule has 1 aliphatic rings. The molecule has 1 aliphatic heterocycles. The van der Waals surface area contributed by atoms with Gasteiger partial charge in [0, 0.05) is 17.1 Å². The Morgan fingerprint density at radius 3 is 2.42 bits per heavy atom. The molecule has 0 radical (unpaired) electrons. The highest BCUT2D eigenvalue weighted by Crippen LogP contribution is 2.40. The zero-order valence-electron chi connectivity index (χ0n) is 17.8. The van der Waals surface area contributed by atoms with Gasteiger partial charge in [0.05, 0.1) is 18.7 Å². The van der Waals surface area contributed by atoms with Gasteiger partial charge in [0.25, 0.3) is 11.7 Å². The normalized spacial score (nSPS) is 17.4. The number of aliphatic hydroxyl groups is 1. The molecule has 0 aliphatic carbocycles. The van der Waals surface area contributed by atoms with Crippen LogP contribution in [-0.2, 0) is 16.0 Å². The van der Waals surface area contributed by atoms with E-state index >= 15 is 0 Å². The maximum absolute atomic E-state index is 13.2. The Labute approximate surface area is 195 Å². The third-order valence-corrected chi connectivity index (χ3v) is 5.88. The van der Waals surface area contributed by atoms with Crippen LogP contribution in [-0.4, -0.2) is 35.4 Å². The van der Waals surface area contributed by atoms with Crippen LogP contribution in [0.4, 0.5) is 4.39 Å². The van der Waals surface area contributed by atoms with Gasteiger partial charge >= 0.3 is 0 Å². The smallest absolute Gasteiger partial charge is 0.295 e. The molecule has 168 valence electrons. The Hall–Kier alpha value is -3.64. The van der Waals surface area contributed by atoms with Crippen LogP contribution in [0.1, 0.15) is 22.7 Å². The van der Waals surface area contributed by atoms with Crippen LogP contribution in [0.2, 0.25) is 5.02 Å². The van der Waals surface area contributed by atoms with E-state index in [1.807, 2.05) is 0 Å². The number of likely N-dealkylation sites (tertiary alicyclic amines) is 1. The van der Waals surface area contributed by atoms with Crippen molar-refractivity contribution in [1.29, 1.82) is 0 Å². The lowest BCUT2D eigenvalue weighted by Crippen LogP contribution is -2.31. The summed E-state index contributed by atoms with van der Waals surface area (Å²) in [7, 11) is 1.50. The van der Waals surface area contributed by atoms with Gasteiger partial charge in [-0.25, -0.2) is 4.39 Å². The van der Waals surface area contributed by atoms with Gasteiger partial charge in [0.1, 0.15) is 17.3 Å². The highest BCUT2D eigenvalue weighted by atomic mass is 35.5. The summed E-state index contributed by atoms with van der Waals surface area (Å²) >= 11 is 6.04. The number of nitrogens with zero attached hydrogens (tertiary/aromatic N) is 1. The van der Waals surface area contributed by atoms with Crippen molar-refractivity contribution < 1.29 is 23.8 Å². The summed E-state index contributed by atoms with van der Waals surface area (Å²) in [6, 6.07) is 18.6. The second-order valence-electron chi connectivity index (χ2n) is 7.65. The van der Waals surface area contributed by atoms with E-state index in [2.05, 4.69) is 0 Å². The van der Waals surface area contributed by atoms with Gasteiger partial charge in [-0.1, -0.05) is 48.0 Å². The molecule has 3 aromatic carbocycles. The molecule has 1 saturated heterocycles. The SMILES string of the molecule is COc1cccc(/C(O)=C2/C(=O)C(=O)N(CCc3ccc(F)cc3)C2c2ccc(Cl)cc2)c1. The number of carbonyl (C=O) groups is 2. The lowest BCUT2D eigenvalue weighted by molar-refractivity contribution is -0.139. The number of amides is 1. The number of Topliss-reactive ketones (excluding diaryl/α,β-unsaturated/α-hetero) is 1. The number of methoxy groups -OCH3 is 1. The molecule has 1 fully saturated rings. The number of ketones is 1. The molecule has 33 heavy (non-hydrogen) atoms. The van der Waals surface area contributed by atoms with E-state index in [1.54, 1.807) is 60.7 Å². The molecule has 0 aromatic heterocycles. The van der Waals surface area contributed by atoms with E-state index in [0.29, 0.717) is 28.3 Å². The van der Waals surface area contributed by atoms with Crippen molar-refractivity contribution in [3.05, 3.63) is 106 Å². The highest BCUT2D eigenvalue weighted by molar-refractivity contribution is 6.46. The average Bonchev–Trinajstić information content (AvgIpc) is 3.08. The minimum absolute atomic E-state index is 0.00492. The first kappa shape index (κ1) is 22.6. The molecule has 3 aromatic rings. The molecule has 1 atom stereocenters. The minimum Gasteiger partial charge on any atom is -0.507 e. The van der Waals surface area contributed by atoms with Crippen molar-refractivity contribution in [2.75, 3.05) is 13.7 Å². The molecule has 1 N–H and O–H groups in total. The molecule has 1 unspecified atom stereocenters. The molecule has 4 rings (SSSR count). The maximum atomic E-state index is 13.2. The van der Waals surface area contributed by atoms with Crippen molar-refractivity contribution in [1.82, 2.24) is 4.90 Å². The Bertz CT molecular complexity index is 1220. The standard InChI is InChI=1S/C26H21ClFNO4/c1-33-21-4-2-3-18(15-21)24(30)22-23(17-7-9-19(27)10-8-17)29(26(32)25(22)31)14-13-16-5-11-20(28)12-6-16/h2-12,15,23,30H,13-14H2,1H3/b24-22-. The van der Waals surface area contributed by atoms with Crippen LogP contribution < -0.4 is 4.74 Å². The van der Waals surface area contributed by atoms with Gasteiger partial charge < -0.3 is 14.7 Å². The van der Waals surface area contributed by atoms with E-state index in [1.165, 1.54) is 24.1 Å². The van der Waals surface area contributed by atoms with Crippen LogP contribution in [0.5, 0.6) is 5.75 Å². The van der Waals surface area contributed by atoms with E-state index < -0.39 is 17.7 Å². The van der Waals surface area contributed by atoms with Crippen LogP contribution in [0.3, 0.4) is 0 Å². The highest BCUT2D eigenvalue weighted by Gasteiger charge is 2.45. The molecule has 0 bridgehead atoms. The molecule has 0 spiro atoms. The van der Waals surface area contributed by atoms with Gasteiger partial charge in [0.2, 0.25) is 0 Å². The first-order chi connectivity index (χ1) is 15.9. The lowest BCUT2D eigenvalue weighted by Gasteiger charge is -2.25. The number of aliphatic hydroxyl groups excluding tert-OH is 1. The first-order valence-electron chi connectivity index (χ1n) is 10.3. The van der Waals surface area contributed by atoms with Gasteiger partial charge in [-0.3, -0.25) is 9.59 Å². The number of hydrogen-bond acceptors (Lipinski definition) is 4. The number of rotatable bonds is 6. The monoisotopic (exact) mass is 465 g/mol. The molecule has 0 saturated carbocycles. The maximum Gasteiger partial charge on any atom is 0.295 e. The molecular weight excluding hydrogens is 445 g/mol. The van der Waals surface area contributed by atoms with Crippen molar-refractivity contribution in [2.24, 2.45) is 0 Å². The number of halogens is 2. The summed E-state index contributed by atoms with van der Waals surface area (Å²) in [5.74, 6) is -1.60. The van der Waals surface area contributed by atoms with Gasteiger partial charge in [-0.2, -0.15) is 0 Å². The molecule has 7 heteroatoms. The van der Waals surface area contributed by atoms with Crippen LogP contribution in [0, 0.1) is 5.82 Å². The Kier molecular flexibility index (Phi) is 6.47. The Morgan fingerprint density at radius 1 is 1.06 bits per heavy atom. The van der Waals surface area contributed by atoms with E-state index in [-0.39, 0.29) is 23.7 Å². The second kappa shape index (κ2) is 9.46. The van der Waals surface area contributed by atoms with Crippen molar-refractivity contribution >= 4 is 29.1 Å². The van der Waals surface area contributed by atoms with E-state index in [9.17, 15) is 19.1 Å². The number of ether oxygens (including phenoxy) is 1. The van der Waals surface area contributed by atoms with Gasteiger partial charge in [-0.15, -0.1) is 0 Å². The lowest BCUT2D eigenvalue weighted by atomic mass is 9.95. The summed E-state index contributed by atoms with van der Waals surface area (Å²) in [4.78, 5) is 27.5. The summed E-state index contributed by atoms with van der Waals surface area (Å²) in [5.41, 5.74) is 1.82. The van der Waals surface area contributed by atoms with Crippen LogP contribution in [0.25, 0.3) is 5.76 Å². The predicted octanol–water partition coefficient (Wildman–Crippen LogP) is 5.15. The van der Waals surface area contributed by atoms with E-state index in [0.717, 1.165) is 5.56 Å². The van der Waals surface area contributed by atoms with E-state index in [4.69, 9.17) is 16.3 Å². The summed E-state index contributed by atoms with van der Waals surface area (Å²) in [6.45, 7) is 0.207. The topological polar surface area (TPSA) is 66.8 Å². The summed E-state index contributed by atoms with van der Waals surface area (Å²) < 4.78 is 18.5. The minimum atomic E-state index is -0.797. The summed E-state index contributed by atoms with van der Waals surface area (Å²) in [5, 5.41) is 11.6. The van der Waals surface area contributed by atoms with Gasteiger partial charge in [-0.05, 0) is 53.9 Å². The number of hydrogen-bond donors (Lipinski definition) is 1. The third-order valence-electron chi connectivity index (χ3n) is 5.62. The van der Waals surface area contributed by atoms with Crippen molar-refractivity contribution in [2.45, 2.75) is 12.5 Å². The Balaban J connectivity index is 1.77. The quantitative estimate of drug-likeness (QED) is 0.310. The summed E-state index contributed by atoms with van der Waals surface area (Å²) in [6.07, 6.45) is 0.413. The fraction of sp³-hybridized carbons (Fsp3) is 0.154. The fourth-order valence-electron chi connectivity index (χ4n) is 3.93. The molecule has 1 heterocycles. The Morgan fingerprint density at radius 2 is 1.76 bits per heavy atom. The predicted molar refractivity (Wildman–Crippen MR) is 124 cm³/mol. The van der Waals surface area contributed by atoms with Crippen molar-refractivity contribution in [3.8, 4) is 5.75 Å². The molecule has 5 nitrogen and oxygen atoms in total. The zero-order chi connectivity index (χ0) is 23.5.